The number of hydrogen-bond acceptors (Lipinski definition) is 5. The quantitative estimate of drug-likeness (QED) is 0.637. The Morgan fingerprint density at radius 3 is 2.58 bits per heavy atom. The number of thioether (sulfide) groups is 1. The number of aromatic nitrogens is 2. The Morgan fingerprint density at radius 1 is 1.08 bits per heavy atom. The summed E-state index contributed by atoms with van der Waals surface area (Å²) in [5.41, 5.74) is 0.878. The maximum Gasteiger partial charge on any atom is 0.277 e. The number of carbonyl (C=O) groups excluding carboxylic acids is 1. The van der Waals surface area contributed by atoms with Crippen molar-refractivity contribution in [2.75, 3.05) is 18.8 Å². The first-order chi connectivity index (χ1) is 11.7. The van der Waals surface area contributed by atoms with Gasteiger partial charge in [0.2, 0.25) is 11.8 Å². The van der Waals surface area contributed by atoms with Crippen molar-refractivity contribution >= 4 is 28.4 Å². The van der Waals surface area contributed by atoms with Gasteiger partial charge in [0.05, 0.1) is 5.75 Å². The zero-order valence-corrected chi connectivity index (χ0v) is 14.5. The van der Waals surface area contributed by atoms with E-state index in [2.05, 4.69) is 16.3 Å². The zero-order valence-electron chi connectivity index (χ0n) is 13.7. The van der Waals surface area contributed by atoms with Crippen molar-refractivity contribution in [1.29, 1.82) is 0 Å². The Balaban J connectivity index is 1.71. The fourth-order valence-corrected chi connectivity index (χ4v) is 3.16. The summed E-state index contributed by atoms with van der Waals surface area (Å²) in [5, 5.41) is 10.8. The van der Waals surface area contributed by atoms with Gasteiger partial charge < -0.3 is 9.32 Å². The van der Waals surface area contributed by atoms with E-state index in [1.54, 1.807) is 4.90 Å². The van der Waals surface area contributed by atoms with Crippen LogP contribution in [0.1, 0.15) is 13.8 Å². The fourth-order valence-electron chi connectivity index (χ4n) is 2.50. The van der Waals surface area contributed by atoms with E-state index in [1.807, 2.05) is 50.2 Å². The lowest BCUT2D eigenvalue weighted by Gasteiger charge is -2.17. The van der Waals surface area contributed by atoms with Crippen LogP contribution in [-0.2, 0) is 4.79 Å². The van der Waals surface area contributed by atoms with Crippen LogP contribution in [0.4, 0.5) is 0 Å². The Morgan fingerprint density at radius 2 is 1.83 bits per heavy atom. The molecule has 1 heterocycles. The Kier molecular flexibility index (Phi) is 5.15. The first-order valence-electron chi connectivity index (χ1n) is 7.94. The second kappa shape index (κ2) is 7.49. The number of nitrogens with zero attached hydrogens (tertiary/aromatic N) is 3. The molecule has 0 bridgehead atoms. The van der Waals surface area contributed by atoms with E-state index in [1.165, 1.54) is 17.1 Å². The lowest BCUT2D eigenvalue weighted by atomic mass is 10.1. The molecular formula is C18H19N3O2S. The van der Waals surface area contributed by atoms with Crippen molar-refractivity contribution in [2.24, 2.45) is 0 Å². The molecule has 0 aliphatic rings. The molecule has 24 heavy (non-hydrogen) atoms. The van der Waals surface area contributed by atoms with Crippen LogP contribution in [-0.4, -0.2) is 39.8 Å². The number of hydrogen-bond donors (Lipinski definition) is 0. The van der Waals surface area contributed by atoms with Crippen molar-refractivity contribution < 1.29 is 9.21 Å². The second-order valence-electron chi connectivity index (χ2n) is 5.29. The van der Waals surface area contributed by atoms with Crippen LogP contribution >= 0.6 is 11.8 Å². The lowest BCUT2D eigenvalue weighted by molar-refractivity contribution is -0.127. The number of fused-ring (bicyclic) bond motifs is 1. The van der Waals surface area contributed by atoms with Gasteiger partial charge in [-0.2, -0.15) is 0 Å². The van der Waals surface area contributed by atoms with Crippen LogP contribution in [0.5, 0.6) is 0 Å². The number of carbonyl (C=O) groups is 1. The molecule has 3 aromatic rings. The van der Waals surface area contributed by atoms with Crippen molar-refractivity contribution in [1.82, 2.24) is 15.1 Å². The number of benzene rings is 2. The maximum atomic E-state index is 12.0. The lowest BCUT2D eigenvalue weighted by Crippen LogP contribution is -2.31. The van der Waals surface area contributed by atoms with Crippen LogP contribution in [0.25, 0.3) is 22.2 Å². The van der Waals surface area contributed by atoms with Crippen molar-refractivity contribution in [3.8, 4) is 11.5 Å². The van der Waals surface area contributed by atoms with Crippen molar-refractivity contribution in [3.05, 3.63) is 42.5 Å². The molecule has 2 aromatic carbocycles. The summed E-state index contributed by atoms with van der Waals surface area (Å²) < 4.78 is 5.69. The van der Waals surface area contributed by atoms with Gasteiger partial charge in [-0.3, -0.25) is 4.79 Å². The minimum atomic E-state index is 0.0791. The van der Waals surface area contributed by atoms with E-state index in [0.717, 1.165) is 10.9 Å². The molecule has 5 nitrogen and oxygen atoms in total. The standard InChI is InChI=1S/C18H19N3O2S/c1-3-21(4-2)16(22)12-24-18-20-19-17(23-18)15-10-9-13-7-5-6-8-14(13)11-15/h5-11H,3-4,12H2,1-2H3. The molecule has 0 saturated heterocycles. The highest BCUT2D eigenvalue weighted by atomic mass is 32.2. The second-order valence-corrected chi connectivity index (χ2v) is 6.22. The predicted octanol–water partition coefficient (Wildman–Crippen LogP) is 3.85. The van der Waals surface area contributed by atoms with Gasteiger partial charge in [-0.15, -0.1) is 10.2 Å². The molecule has 0 N–H and O–H groups in total. The van der Waals surface area contributed by atoms with E-state index >= 15 is 0 Å². The Labute approximate surface area is 145 Å². The highest BCUT2D eigenvalue weighted by Gasteiger charge is 2.14. The normalized spacial score (nSPS) is 10.9. The van der Waals surface area contributed by atoms with E-state index in [-0.39, 0.29) is 5.91 Å². The first-order valence-corrected chi connectivity index (χ1v) is 8.93. The molecule has 6 heteroatoms. The van der Waals surface area contributed by atoms with Gasteiger partial charge in [0, 0.05) is 18.7 Å². The monoisotopic (exact) mass is 341 g/mol. The SMILES string of the molecule is CCN(CC)C(=O)CSc1nnc(-c2ccc3ccccc3c2)o1. The molecule has 0 aliphatic heterocycles. The third kappa shape index (κ3) is 3.59. The van der Waals surface area contributed by atoms with E-state index in [4.69, 9.17) is 4.42 Å². The van der Waals surface area contributed by atoms with Crippen LogP contribution < -0.4 is 0 Å². The number of rotatable bonds is 6. The van der Waals surface area contributed by atoms with E-state index in [9.17, 15) is 4.79 Å². The van der Waals surface area contributed by atoms with Crippen LogP contribution in [0.2, 0.25) is 0 Å². The molecular weight excluding hydrogens is 322 g/mol. The summed E-state index contributed by atoms with van der Waals surface area (Å²) in [6, 6.07) is 14.1. The Hall–Kier alpha value is -2.34. The van der Waals surface area contributed by atoms with Gasteiger partial charge in [-0.05, 0) is 36.8 Å². The average Bonchev–Trinajstić information content (AvgIpc) is 3.09. The van der Waals surface area contributed by atoms with E-state index < -0.39 is 0 Å². The third-order valence-electron chi connectivity index (χ3n) is 3.84. The summed E-state index contributed by atoms with van der Waals surface area (Å²) in [7, 11) is 0. The molecule has 0 aliphatic carbocycles. The highest BCUT2D eigenvalue weighted by Crippen LogP contribution is 2.26. The van der Waals surface area contributed by atoms with Crippen LogP contribution in [0, 0.1) is 0 Å². The molecule has 1 amide bonds. The third-order valence-corrected chi connectivity index (χ3v) is 4.64. The van der Waals surface area contributed by atoms with E-state index in [0.29, 0.717) is 30.0 Å². The molecule has 0 spiro atoms. The van der Waals surface area contributed by atoms with Gasteiger partial charge in [0.25, 0.3) is 5.22 Å². The van der Waals surface area contributed by atoms with Crippen LogP contribution in [0.3, 0.4) is 0 Å². The fraction of sp³-hybridized carbons (Fsp3) is 0.278. The molecule has 0 atom stereocenters. The molecule has 0 radical (unpaired) electrons. The van der Waals surface area contributed by atoms with Gasteiger partial charge in [0.15, 0.2) is 0 Å². The predicted molar refractivity (Wildman–Crippen MR) is 95.9 cm³/mol. The zero-order chi connectivity index (χ0) is 16.9. The molecule has 3 rings (SSSR count). The minimum Gasteiger partial charge on any atom is -0.411 e. The highest BCUT2D eigenvalue weighted by molar-refractivity contribution is 7.99. The maximum absolute atomic E-state index is 12.0. The largest absolute Gasteiger partial charge is 0.411 e. The smallest absolute Gasteiger partial charge is 0.277 e. The number of amides is 1. The summed E-state index contributed by atoms with van der Waals surface area (Å²) in [4.78, 5) is 13.8. The van der Waals surface area contributed by atoms with Crippen molar-refractivity contribution in [2.45, 2.75) is 19.1 Å². The molecule has 0 saturated carbocycles. The van der Waals surface area contributed by atoms with Gasteiger partial charge >= 0.3 is 0 Å². The van der Waals surface area contributed by atoms with Crippen LogP contribution in [0.15, 0.2) is 52.1 Å². The summed E-state index contributed by atoms with van der Waals surface area (Å²) >= 11 is 1.28. The summed E-state index contributed by atoms with van der Waals surface area (Å²) in [5.74, 6) is 0.857. The minimum absolute atomic E-state index is 0.0791. The summed E-state index contributed by atoms with van der Waals surface area (Å²) in [6.45, 7) is 5.36. The molecule has 124 valence electrons. The summed E-state index contributed by atoms with van der Waals surface area (Å²) in [6.07, 6.45) is 0. The van der Waals surface area contributed by atoms with Gasteiger partial charge in [-0.1, -0.05) is 42.1 Å². The average molecular weight is 341 g/mol. The van der Waals surface area contributed by atoms with Gasteiger partial charge in [-0.25, -0.2) is 0 Å². The van der Waals surface area contributed by atoms with Gasteiger partial charge in [0.1, 0.15) is 0 Å². The first kappa shape index (κ1) is 16.5. The molecule has 0 unspecified atom stereocenters. The molecule has 0 fully saturated rings. The van der Waals surface area contributed by atoms with Crippen molar-refractivity contribution in [3.63, 3.8) is 0 Å². The Bertz CT molecular complexity index is 843. The topological polar surface area (TPSA) is 59.2 Å². The molecule has 1 aromatic heterocycles.